The molecule has 3 aromatic heterocycles. The van der Waals surface area contributed by atoms with Crippen molar-refractivity contribution in [3.8, 4) is 21.8 Å². The Kier molecular flexibility index (Phi) is 7.84. The molecule has 0 aliphatic rings. The Labute approximate surface area is 208 Å². The molecule has 3 heterocycles. The highest BCUT2D eigenvalue weighted by Crippen LogP contribution is 2.28. The normalized spacial score (nSPS) is 11.2. The molecule has 0 unspecified atom stereocenters. The number of rotatable bonds is 9. The lowest BCUT2D eigenvalue weighted by molar-refractivity contribution is 0.0468. The molecule has 0 spiro atoms. The number of hydrogen-bond donors (Lipinski definition) is 1. The van der Waals surface area contributed by atoms with Crippen LogP contribution in [-0.4, -0.2) is 46.0 Å². The van der Waals surface area contributed by atoms with E-state index >= 15 is 0 Å². The SMILES string of the molecule is CC(C)c1[nH]c(=O)c(-c2csc(-c3ccncc3)n2)cc1C(=O)OCCN(C)Cc1ccccc1. The van der Waals surface area contributed by atoms with Gasteiger partial charge in [0, 0.05) is 42.1 Å². The number of hydrogen-bond acceptors (Lipinski definition) is 7. The zero-order valence-electron chi connectivity index (χ0n) is 20.0. The van der Waals surface area contributed by atoms with Crippen molar-refractivity contribution in [1.29, 1.82) is 0 Å². The Bertz CT molecular complexity index is 1330. The number of pyridine rings is 2. The molecule has 0 atom stereocenters. The molecule has 0 aliphatic heterocycles. The van der Waals surface area contributed by atoms with Crippen LogP contribution < -0.4 is 5.56 Å². The third-order valence-electron chi connectivity index (χ3n) is 5.58. The van der Waals surface area contributed by atoms with Crippen LogP contribution in [0.15, 0.2) is 71.1 Å². The fourth-order valence-corrected chi connectivity index (χ4v) is 4.56. The monoisotopic (exact) mass is 488 g/mol. The lowest BCUT2D eigenvalue weighted by Crippen LogP contribution is -2.25. The van der Waals surface area contributed by atoms with Gasteiger partial charge in [-0.25, -0.2) is 9.78 Å². The molecule has 35 heavy (non-hydrogen) atoms. The number of nitrogens with one attached hydrogen (secondary N) is 1. The van der Waals surface area contributed by atoms with Gasteiger partial charge >= 0.3 is 5.97 Å². The van der Waals surface area contributed by atoms with Gasteiger partial charge in [0.05, 0.1) is 16.8 Å². The predicted molar refractivity (Wildman–Crippen MR) is 139 cm³/mol. The lowest BCUT2D eigenvalue weighted by atomic mass is 10.0. The van der Waals surface area contributed by atoms with Gasteiger partial charge in [0.15, 0.2) is 0 Å². The van der Waals surface area contributed by atoms with E-state index in [4.69, 9.17) is 4.74 Å². The summed E-state index contributed by atoms with van der Waals surface area (Å²) in [6.45, 7) is 5.47. The smallest absolute Gasteiger partial charge is 0.339 e. The van der Waals surface area contributed by atoms with Crippen molar-refractivity contribution in [2.24, 2.45) is 0 Å². The minimum absolute atomic E-state index is 0.0529. The molecule has 0 bridgehead atoms. The van der Waals surface area contributed by atoms with E-state index in [-0.39, 0.29) is 18.1 Å². The van der Waals surface area contributed by atoms with Gasteiger partial charge in [-0.05, 0) is 36.7 Å². The third kappa shape index (κ3) is 6.09. The highest BCUT2D eigenvalue weighted by atomic mass is 32.1. The van der Waals surface area contributed by atoms with Crippen molar-refractivity contribution in [3.05, 3.63) is 93.5 Å². The molecule has 1 aromatic carbocycles. The number of nitrogens with zero attached hydrogens (tertiary/aromatic N) is 3. The molecule has 4 aromatic rings. The van der Waals surface area contributed by atoms with Crippen molar-refractivity contribution >= 4 is 17.3 Å². The van der Waals surface area contributed by atoms with Crippen LogP contribution in [0.4, 0.5) is 0 Å². The van der Waals surface area contributed by atoms with Crippen LogP contribution in [0.3, 0.4) is 0 Å². The van der Waals surface area contributed by atoms with Gasteiger partial charge in [0.1, 0.15) is 11.6 Å². The number of likely N-dealkylation sites (N-methyl/N-ethyl adjacent to an activating group) is 1. The first-order valence-electron chi connectivity index (χ1n) is 11.5. The molecule has 8 heteroatoms. The van der Waals surface area contributed by atoms with E-state index in [0.29, 0.717) is 29.1 Å². The second-order valence-corrected chi connectivity index (χ2v) is 9.49. The molecule has 0 saturated carbocycles. The van der Waals surface area contributed by atoms with Crippen molar-refractivity contribution in [2.45, 2.75) is 26.3 Å². The topological polar surface area (TPSA) is 88.2 Å². The summed E-state index contributed by atoms with van der Waals surface area (Å²) in [5.41, 5.74) is 3.63. The molecule has 0 radical (unpaired) electrons. The van der Waals surface area contributed by atoms with Gasteiger partial charge in [-0.2, -0.15) is 0 Å². The Balaban J connectivity index is 1.51. The van der Waals surface area contributed by atoms with Crippen LogP contribution in [-0.2, 0) is 11.3 Å². The second kappa shape index (κ2) is 11.2. The molecule has 0 fully saturated rings. The number of carbonyl (C=O) groups excluding carboxylic acids is 1. The van der Waals surface area contributed by atoms with Gasteiger partial charge < -0.3 is 9.72 Å². The molecule has 0 aliphatic carbocycles. The minimum atomic E-state index is -0.455. The fraction of sp³-hybridized carbons (Fsp3) is 0.259. The van der Waals surface area contributed by atoms with Gasteiger partial charge in [0.25, 0.3) is 5.56 Å². The fourth-order valence-electron chi connectivity index (χ4n) is 3.73. The average Bonchev–Trinajstić information content (AvgIpc) is 3.35. The van der Waals surface area contributed by atoms with E-state index in [2.05, 4.69) is 32.0 Å². The first-order valence-corrected chi connectivity index (χ1v) is 12.3. The zero-order chi connectivity index (χ0) is 24.8. The largest absolute Gasteiger partial charge is 0.461 e. The number of aromatic amines is 1. The highest BCUT2D eigenvalue weighted by molar-refractivity contribution is 7.13. The second-order valence-electron chi connectivity index (χ2n) is 8.63. The van der Waals surface area contributed by atoms with Crippen molar-refractivity contribution in [3.63, 3.8) is 0 Å². The summed E-state index contributed by atoms with van der Waals surface area (Å²) in [5, 5.41) is 2.60. The Morgan fingerprint density at radius 2 is 1.89 bits per heavy atom. The molecule has 0 saturated heterocycles. The van der Waals surface area contributed by atoms with Gasteiger partial charge in [-0.15, -0.1) is 11.3 Å². The number of thiazole rings is 1. The highest BCUT2D eigenvalue weighted by Gasteiger charge is 2.21. The van der Waals surface area contributed by atoms with E-state index in [1.165, 1.54) is 16.9 Å². The van der Waals surface area contributed by atoms with Gasteiger partial charge in [-0.3, -0.25) is 14.7 Å². The summed E-state index contributed by atoms with van der Waals surface area (Å²) in [5.74, 6) is -0.508. The summed E-state index contributed by atoms with van der Waals surface area (Å²) in [4.78, 5) is 39.6. The molecule has 7 nitrogen and oxygen atoms in total. The van der Waals surface area contributed by atoms with Crippen LogP contribution in [0.2, 0.25) is 0 Å². The van der Waals surface area contributed by atoms with Crippen molar-refractivity contribution in [2.75, 3.05) is 20.2 Å². The summed E-state index contributed by atoms with van der Waals surface area (Å²) in [7, 11) is 1.99. The maximum atomic E-state index is 13.0. The standard InChI is InChI=1S/C27H28N4O3S/c1-18(2)24-22(27(33)34-14-13-31(3)16-19-7-5-4-6-8-19)15-21(25(32)30-24)23-17-35-26(29-23)20-9-11-28-12-10-20/h4-12,15,17-18H,13-14,16H2,1-3H3,(H,30,32). The quantitative estimate of drug-likeness (QED) is 0.335. The molecule has 4 rings (SSSR count). The van der Waals surface area contributed by atoms with Crippen LogP contribution in [0.5, 0.6) is 0 Å². The molecular weight excluding hydrogens is 460 g/mol. The maximum Gasteiger partial charge on any atom is 0.339 e. The average molecular weight is 489 g/mol. The summed E-state index contributed by atoms with van der Waals surface area (Å²) < 4.78 is 5.61. The summed E-state index contributed by atoms with van der Waals surface area (Å²) in [6, 6.07) is 15.5. The number of benzene rings is 1. The summed E-state index contributed by atoms with van der Waals surface area (Å²) >= 11 is 1.44. The van der Waals surface area contributed by atoms with Crippen LogP contribution in [0.25, 0.3) is 21.8 Å². The van der Waals surface area contributed by atoms with Crippen molar-refractivity contribution < 1.29 is 9.53 Å². The molecule has 0 amide bonds. The van der Waals surface area contributed by atoms with E-state index < -0.39 is 5.97 Å². The number of esters is 1. The van der Waals surface area contributed by atoms with Crippen molar-refractivity contribution in [1.82, 2.24) is 19.9 Å². The third-order valence-corrected chi connectivity index (χ3v) is 6.47. The van der Waals surface area contributed by atoms with E-state index in [1.807, 2.05) is 56.6 Å². The molecular formula is C27H28N4O3S. The minimum Gasteiger partial charge on any atom is -0.461 e. The first-order chi connectivity index (χ1) is 16.9. The molecule has 180 valence electrons. The number of carbonyl (C=O) groups is 1. The van der Waals surface area contributed by atoms with Crippen LogP contribution >= 0.6 is 11.3 Å². The van der Waals surface area contributed by atoms with Crippen LogP contribution in [0, 0.1) is 0 Å². The van der Waals surface area contributed by atoms with E-state index in [0.717, 1.165) is 17.1 Å². The van der Waals surface area contributed by atoms with E-state index in [1.54, 1.807) is 18.5 Å². The number of aromatic nitrogens is 3. The Hall–Kier alpha value is -3.62. The van der Waals surface area contributed by atoms with Gasteiger partial charge in [-0.1, -0.05) is 44.2 Å². The Morgan fingerprint density at radius 1 is 1.14 bits per heavy atom. The Morgan fingerprint density at radius 3 is 2.60 bits per heavy atom. The van der Waals surface area contributed by atoms with E-state index in [9.17, 15) is 9.59 Å². The molecule has 1 N–H and O–H groups in total. The summed E-state index contributed by atoms with van der Waals surface area (Å²) in [6.07, 6.45) is 3.40. The number of H-pyrrole nitrogens is 1. The lowest BCUT2D eigenvalue weighted by Gasteiger charge is -2.17. The first kappa shape index (κ1) is 24.5. The zero-order valence-corrected chi connectivity index (χ0v) is 20.8. The van der Waals surface area contributed by atoms with Gasteiger partial charge in [0.2, 0.25) is 0 Å². The van der Waals surface area contributed by atoms with Crippen LogP contribution in [0.1, 0.15) is 41.4 Å². The number of ether oxygens (including phenoxy) is 1. The maximum absolute atomic E-state index is 13.0. The predicted octanol–water partition coefficient (Wildman–Crippen LogP) is 4.97.